The van der Waals surface area contributed by atoms with Gasteiger partial charge in [0.25, 0.3) is 5.91 Å². The van der Waals surface area contributed by atoms with Crippen LogP contribution in [-0.2, 0) is 11.3 Å². The number of anilines is 1. The van der Waals surface area contributed by atoms with Crippen LogP contribution >= 0.6 is 0 Å². The van der Waals surface area contributed by atoms with E-state index in [1.807, 2.05) is 0 Å². The Balaban J connectivity index is 1.56. The highest BCUT2D eigenvalue weighted by atomic mass is 19.1. The first-order chi connectivity index (χ1) is 11.7. The molecular formula is C18H20FN3O2. The molecule has 1 amide bonds. The molecule has 0 saturated carbocycles. The van der Waals surface area contributed by atoms with Gasteiger partial charge < -0.3 is 15.4 Å². The van der Waals surface area contributed by atoms with E-state index < -0.39 is 0 Å². The number of hydrogen-bond acceptors (Lipinski definition) is 4. The average molecular weight is 329 g/mol. The second-order valence-electron chi connectivity index (χ2n) is 5.75. The maximum Gasteiger partial charge on any atom is 0.253 e. The third-order valence-electron chi connectivity index (χ3n) is 3.96. The van der Waals surface area contributed by atoms with Crippen molar-refractivity contribution >= 4 is 11.6 Å². The topological polar surface area (TPSA) is 63.2 Å². The number of aromatic nitrogens is 1. The number of nitrogens with zero attached hydrogens (tertiary/aromatic N) is 1. The van der Waals surface area contributed by atoms with Crippen LogP contribution in [0.3, 0.4) is 0 Å². The number of pyridine rings is 1. The van der Waals surface area contributed by atoms with E-state index in [9.17, 15) is 9.18 Å². The Kier molecular flexibility index (Phi) is 5.38. The Bertz CT molecular complexity index is 702. The molecule has 6 heteroatoms. The Morgan fingerprint density at radius 2 is 2.21 bits per heavy atom. The third-order valence-corrected chi connectivity index (χ3v) is 3.96. The summed E-state index contributed by atoms with van der Waals surface area (Å²) in [5, 5.41) is 5.95. The van der Waals surface area contributed by atoms with Crippen LogP contribution in [0.25, 0.3) is 0 Å². The smallest absolute Gasteiger partial charge is 0.253 e. The van der Waals surface area contributed by atoms with E-state index in [-0.39, 0.29) is 24.4 Å². The lowest BCUT2D eigenvalue weighted by atomic mass is 10.2. The summed E-state index contributed by atoms with van der Waals surface area (Å²) in [4.78, 5) is 16.3. The van der Waals surface area contributed by atoms with Gasteiger partial charge in [-0.1, -0.05) is 18.2 Å². The second kappa shape index (κ2) is 7.88. The largest absolute Gasteiger partial charge is 0.381 e. The Labute approximate surface area is 140 Å². The maximum atomic E-state index is 13.6. The van der Waals surface area contributed by atoms with E-state index in [4.69, 9.17) is 4.74 Å². The molecule has 0 radical (unpaired) electrons. The van der Waals surface area contributed by atoms with Crippen LogP contribution in [0.15, 0.2) is 42.7 Å². The molecule has 1 saturated heterocycles. The highest BCUT2D eigenvalue weighted by Gasteiger charge is 2.15. The number of carbonyl (C=O) groups excluding carboxylic acids is 1. The molecule has 2 heterocycles. The summed E-state index contributed by atoms with van der Waals surface area (Å²) in [5.74, 6) is -0.616. The number of benzene rings is 1. The number of ether oxygens (including phenoxy) is 1. The minimum absolute atomic E-state index is 0.138. The molecule has 126 valence electrons. The lowest BCUT2D eigenvalue weighted by Crippen LogP contribution is -2.24. The third kappa shape index (κ3) is 4.29. The Morgan fingerprint density at radius 3 is 3.00 bits per heavy atom. The molecule has 0 aliphatic carbocycles. The standard InChI is InChI=1S/C18H20FN3O2/c19-17-6-2-1-4-13(17)10-22-18(23)14-8-15(11-20-9-14)21-12-16-5-3-7-24-16/h1-2,4,6,8-9,11,16,21H,3,5,7,10,12H2,(H,22,23). The van der Waals surface area contributed by atoms with E-state index in [2.05, 4.69) is 15.6 Å². The molecule has 1 fully saturated rings. The minimum Gasteiger partial charge on any atom is -0.381 e. The molecule has 24 heavy (non-hydrogen) atoms. The first kappa shape index (κ1) is 16.4. The summed E-state index contributed by atoms with van der Waals surface area (Å²) in [6.45, 7) is 1.64. The van der Waals surface area contributed by atoms with Crippen molar-refractivity contribution in [2.24, 2.45) is 0 Å². The highest BCUT2D eigenvalue weighted by molar-refractivity contribution is 5.94. The van der Waals surface area contributed by atoms with Gasteiger partial charge in [0.15, 0.2) is 0 Å². The zero-order valence-electron chi connectivity index (χ0n) is 13.3. The second-order valence-corrected chi connectivity index (χ2v) is 5.75. The van der Waals surface area contributed by atoms with Crippen molar-refractivity contribution in [3.63, 3.8) is 0 Å². The van der Waals surface area contributed by atoms with Crippen LogP contribution in [-0.4, -0.2) is 30.1 Å². The number of amides is 1. The van der Waals surface area contributed by atoms with Gasteiger partial charge in [-0.05, 0) is 25.0 Å². The van der Waals surface area contributed by atoms with Gasteiger partial charge in [0, 0.05) is 37.7 Å². The van der Waals surface area contributed by atoms with Crippen molar-refractivity contribution in [1.82, 2.24) is 10.3 Å². The van der Waals surface area contributed by atoms with Gasteiger partial charge in [0.2, 0.25) is 0 Å². The van der Waals surface area contributed by atoms with E-state index in [0.717, 1.165) is 25.1 Å². The van der Waals surface area contributed by atoms with Crippen LogP contribution in [0.2, 0.25) is 0 Å². The van der Waals surface area contributed by atoms with Gasteiger partial charge in [-0.15, -0.1) is 0 Å². The van der Waals surface area contributed by atoms with Gasteiger partial charge in [-0.2, -0.15) is 0 Å². The molecule has 5 nitrogen and oxygen atoms in total. The molecule has 0 bridgehead atoms. The minimum atomic E-state index is -0.331. The average Bonchev–Trinajstić information content (AvgIpc) is 3.13. The molecule has 1 atom stereocenters. The zero-order chi connectivity index (χ0) is 16.8. The number of rotatable bonds is 6. The van der Waals surface area contributed by atoms with Crippen molar-refractivity contribution in [2.45, 2.75) is 25.5 Å². The van der Waals surface area contributed by atoms with Crippen molar-refractivity contribution < 1.29 is 13.9 Å². The number of hydrogen-bond donors (Lipinski definition) is 2. The van der Waals surface area contributed by atoms with Crippen LogP contribution in [0.4, 0.5) is 10.1 Å². The molecule has 3 rings (SSSR count). The summed E-state index contributed by atoms with van der Waals surface area (Å²) in [7, 11) is 0. The SMILES string of the molecule is O=C(NCc1ccccc1F)c1cncc(NCC2CCCO2)c1. The van der Waals surface area contributed by atoms with Crippen LogP contribution in [0.1, 0.15) is 28.8 Å². The van der Waals surface area contributed by atoms with E-state index in [1.165, 1.54) is 12.3 Å². The van der Waals surface area contributed by atoms with Crippen molar-refractivity contribution in [3.05, 3.63) is 59.7 Å². The number of halogens is 1. The quantitative estimate of drug-likeness (QED) is 0.855. The van der Waals surface area contributed by atoms with Crippen LogP contribution in [0, 0.1) is 5.82 Å². The Morgan fingerprint density at radius 1 is 1.33 bits per heavy atom. The molecule has 1 aromatic carbocycles. The van der Waals surface area contributed by atoms with Crippen molar-refractivity contribution in [2.75, 3.05) is 18.5 Å². The van der Waals surface area contributed by atoms with E-state index in [1.54, 1.807) is 30.5 Å². The van der Waals surface area contributed by atoms with Crippen molar-refractivity contribution in [3.8, 4) is 0 Å². The molecule has 1 aliphatic rings. The summed E-state index contributed by atoms with van der Waals surface area (Å²) in [5.41, 5.74) is 1.65. The molecule has 0 spiro atoms. The molecular weight excluding hydrogens is 309 g/mol. The summed E-state index contributed by atoms with van der Waals surface area (Å²) in [6.07, 6.45) is 5.51. The molecule has 1 aliphatic heterocycles. The Hall–Kier alpha value is -2.47. The first-order valence-corrected chi connectivity index (χ1v) is 8.04. The molecule has 1 unspecified atom stereocenters. The van der Waals surface area contributed by atoms with Crippen LogP contribution < -0.4 is 10.6 Å². The van der Waals surface area contributed by atoms with Crippen LogP contribution in [0.5, 0.6) is 0 Å². The van der Waals surface area contributed by atoms with Gasteiger partial charge >= 0.3 is 0 Å². The van der Waals surface area contributed by atoms with Gasteiger partial charge in [0.1, 0.15) is 5.82 Å². The molecule has 2 aromatic rings. The summed E-state index contributed by atoms with van der Waals surface area (Å²) >= 11 is 0. The molecule has 1 aromatic heterocycles. The lowest BCUT2D eigenvalue weighted by molar-refractivity contribution is 0.0950. The summed E-state index contributed by atoms with van der Waals surface area (Å²) in [6, 6.07) is 8.11. The highest BCUT2D eigenvalue weighted by Crippen LogP contribution is 2.14. The monoisotopic (exact) mass is 329 g/mol. The fourth-order valence-electron chi connectivity index (χ4n) is 2.62. The summed E-state index contributed by atoms with van der Waals surface area (Å²) < 4.78 is 19.1. The lowest BCUT2D eigenvalue weighted by Gasteiger charge is -2.12. The fraction of sp³-hybridized carbons (Fsp3) is 0.333. The van der Waals surface area contributed by atoms with Gasteiger partial charge in [-0.3, -0.25) is 9.78 Å². The first-order valence-electron chi connectivity index (χ1n) is 8.04. The normalized spacial score (nSPS) is 16.8. The predicted octanol–water partition coefficient (Wildman–Crippen LogP) is 2.74. The fourth-order valence-corrected chi connectivity index (χ4v) is 2.62. The number of carbonyl (C=O) groups is 1. The van der Waals surface area contributed by atoms with E-state index >= 15 is 0 Å². The predicted molar refractivity (Wildman–Crippen MR) is 89.3 cm³/mol. The molecule has 2 N–H and O–H groups in total. The van der Waals surface area contributed by atoms with E-state index in [0.29, 0.717) is 17.7 Å². The van der Waals surface area contributed by atoms with Gasteiger partial charge in [-0.25, -0.2) is 4.39 Å². The number of nitrogens with one attached hydrogen (secondary N) is 2. The van der Waals surface area contributed by atoms with Gasteiger partial charge in [0.05, 0.1) is 17.4 Å². The zero-order valence-corrected chi connectivity index (χ0v) is 13.3. The van der Waals surface area contributed by atoms with Crippen molar-refractivity contribution in [1.29, 1.82) is 0 Å². The maximum absolute atomic E-state index is 13.6.